The van der Waals surface area contributed by atoms with Crippen molar-refractivity contribution < 1.29 is 18.7 Å². The number of hydrogen-bond donors (Lipinski definition) is 1. The Morgan fingerprint density at radius 2 is 2.18 bits per heavy atom. The minimum absolute atomic E-state index is 0.279. The van der Waals surface area contributed by atoms with Gasteiger partial charge < -0.3 is 5.11 Å². The van der Waals surface area contributed by atoms with Crippen LogP contribution in [0.1, 0.15) is 19.8 Å². The number of aliphatic carboxylic acids is 1. The molecular formula is C7H8F2O2. The van der Waals surface area contributed by atoms with Crippen molar-refractivity contribution in [2.75, 3.05) is 0 Å². The fraction of sp³-hybridized carbons (Fsp3) is 0.571. The molecule has 0 aromatic rings. The highest BCUT2D eigenvalue weighted by Crippen LogP contribution is 2.18. The Labute approximate surface area is 63.2 Å². The third-order valence-corrected chi connectivity index (χ3v) is 0.916. The maximum atomic E-state index is 12.3. The molecule has 0 fully saturated rings. The number of carbonyl (C=O) groups is 1. The summed E-state index contributed by atoms with van der Waals surface area (Å²) >= 11 is 0. The standard InChI is InChI=1S/C7H8F2O2/c1-2-4-7(8,9)5-3-6(10)11/h2,4H2,1H3,(H,10,11). The third kappa shape index (κ3) is 5.34. The van der Waals surface area contributed by atoms with Crippen molar-refractivity contribution in [3.05, 3.63) is 0 Å². The molecule has 0 aromatic carbocycles. The average Bonchev–Trinajstić information content (AvgIpc) is 1.84. The topological polar surface area (TPSA) is 37.3 Å². The zero-order chi connectivity index (χ0) is 8.91. The van der Waals surface area contributed by atoms with Crippen LogP contribution in [0.15, 0.2) is 0 Å². The molecule has 0 aromatic heterocycles. The van der Waals surface area contributed by atoms with Gasteiger partial charge in [0, 0.05) is 12.3 Å². The van der Waals surface area contributed by atoms with Gasteiger partial charge in [-0.3, -0.25) is 0 Å². The molecule has 62 valence electrons. The van der Waals surface area contributed by atoms with Crippen LogP contribution >= 0.6 is 0 Å². The molecule has 0 saturated carbocycles. The lowest BCUT2D eigenvalue weighted by Gasteiger charge is -2.04. The number of rotatable bonds is 2. The van der Waals surface area contributed by atoms with E-state index in [4.69, 9.17) is 5.11 Å². The highest BCUT2D eigenvalue weighted by molar-refractivity contribution is 5.86. The van der Waals surface area contributed by atoms with Gasteiger partial charge in [0.25, 0.3) is 0 Å². The van der Waals surface area contributed by atoms with Crippen molar-refractivity contribution in [1.82, 2.24) is 0 Å². The van der Waals surface area contributed by atoms with E-state index in [1.54, 1.807) is 6.92 Å². The van der Waals surface area contributed by atoms with Gasteiger partial charge in [0.2, 0.25) is 0 Å². The molecule has 0 spiro atoms. The van der Waals surface area contributed by atoms with Crippen LogP contribution in [0.5, 0.6) is 0 Å². The SMILES string of the molecule is CCCC(F)(F)C#CC(=O)O. The van der Waals surface area contributed by atoms with Crippen molar-refractivity contribution in [2.24, 2.45) is 0 Å². The first-order chi connectivity index (χ1) is 4.98. The minimum Gasteiger partial charge on any atom is -0.472 e. The lowest BCUT2D eigenvalue weighted by molar-refractivity contribution is -0.130. The van der Waals surface area contributed by atoms with E-state index in [2.05, 4.69) is 0 Å². The van der Waals surface area contributed by atoms with Gasteiger partial charge in [0.1, 0.15) is 0 Å². The molecule has 0 rings (SSSR count). The number of halogens is 2. The normalized spacial score (nSPS) is 10.1. The van der Waals surface area contributed by atoms with Crippen LogP contribution in [-0.2, 0) is 4.79 Å². The van der Waals surface area contributed by atoms with E-state index in [1.165, 1.54) is 11.8 Å². The van der Waals surface area contributed by atoms with Crippen LogP contribution < -0.4 is 0 Å². The first kappa shape index (κ1) is 9.89. The van der Waals surface area contributed by atoms with Gasteiger partial charge in [-0.2, -0.15) is 8.78 Å². The molecule has 0 radical (unpaired) electrons. The molecule has 11 heavy (non-hydrogen) atoms. The van der Waals surface area contributed by atoms with Crippen molar-refractivity contribution in [3.8, 4) is 11.8 Å². The highest BCUT2D eigenvalue weighted by atomic mass is 19.3. The molecular weight excluding hydrogens is 154 g/mol. The summed E-state index contributed by atoms with van der Waals surface area (Å²) in [5.41, 5.74) is 0. The van der Waals surface area contributed by atoms with E-state index < -0.39 is 18.3 Å². The molecule has 0 aliphatic carbocycles. The first-order valence-electron chi connectivity index (χ1n) is 3.12. The lowest BCUT2D eigenvalue weighted by Crippen LogP contribution is -2.12. The van der Waals surface area contributed by atoms with E-state index in [0.29, 0.717) is 0 Å². The van der Waals surface area contributed by atoms with E-state index in [-0.39, 0.29) is 6.42 Å². The van der Waals surface area contributed by atoms with Gasteiger partial charge >= 0.3 is 11.9 Å². The van der Waals surface area contributed by atoms with Gasteiger partial charge in [-0.25, -0.2) is 4.79 Å². The minimum atomic E-state index is -3.16. The molecule has 2 nitrogen and oxygen atoms in total. The summed E-state index contributed by atoms with van der Waals surface area (Å²) in [6.45, 7) is 1.58. The Morgan fingerprint density at radius 3 is 2.55 bits per heavy atom. The maximum absolute atomic E-state index is 12.3. The fourth-order valence-electron chi connectivity index (χ4n) is 0.521. The van der Waals surface area contributed by atoms with Crippen molar-refractivity contribution in [1.29, 1.82) is 0 Å². The highest BCUT2D eigenvalue weighted by Gasteiger charge is 2.23. The van der Waals surface area contributed by atoms with Gasteiger partial charge in [0.15, 0.2) is 0 Å². The van der Waals surface area contributed by atoms with Crippen LogP contribution in [0.2, 0.25) is 0 Å². The van der Waals surface area contributed by atoms with Gasteiger partial charge in [-0.15, -0.1) is 0 Å². The molecule has 0 aliphatic rings. The second-order valence-corrected chi connectivity index (χ2v) is 2.01. The molecule has 4 heteroatoms. The predicted octanol–water partition coefficient (Wildman–Crippen LogP) is 1.51. The Balaban J connectivity index is 4.13. The molecule has 1 N–H and O–H groups in total. The summed E-state index contributed by atoms with van der Waals surface area (Å²) in [5.74, 6) is -1.92. The van der Waals surface area contributed by atoms with Crippen LogP contribution in [0.4, 0.5) is 8.78 Å². The van der Waals surface area contributed by atoms with Gasteiger partial charge in [-0.1, -0.05) is 6.92 Å². The van der Waals surface area contributed by atoms with Crippen LogP contribution in [0, 0.1) is 11.8 Å². The van der Waals surface area contributed by atoms with E-state index >= 15 is 0 Å². The van der Waals surface area contributed by atoms with Crippen molar-refractivity contribution in [2.45, 2.75) is 25.7 Å². The molecule has 0 bridgehead atoms. The molecule has 0 saturated heterocycles. The fourth-order valence-corrected chi connectivity index (χ4v) is 0.521. The summed E-state index contributed by atoms with van der Waals surface area (Å²) in [5, 5.41) is 7.94. The second-order valence-electron chi connectivity index (χ2n) is 2.01. The zero-order valence-corrected chi connectivity index (χ0v) is 6.03. The largest absolute Gasteiger partial charge is 0.472 e. The summed E-state index contributed by atoms with van der Waals surface area (Å²) < 4.78 is 24.7. The molecule has 0 amide bonds. The second kappa shape index (κ2) is 3.91. The van der Waals surface area contributed by atoms with Crippen molar-refractivity contribution >= 4 is 5.97 Å². The number of carboxylic acid groups (broad SMARTS) is 1. The smallest absolute Gasteiger partial charge is 0.382 e. The quantitative estimate of drug-likeness (QED) is 0.625. The van der Waals surface area contributed by atoms with Crippen molar-refractivity contribution in [3.63, 3.8) is 0 Å². The Kier molecular flexibility index (Phi) is 3.52. The Bertz CT molecular complexity index is 200. The zero-order valence-electron chi connectivity index (χ0n) is 6.03. The summed E-state index contributed by atoms with van der Waals surface area (Å²) in [6, 6.07) is 0. The number of carboxylic acids is 1. The van der Waals surface area contributed by atoms with Crippen LogP contribution in [-0.4, -0.2) is 17.0 Å². The Morgan fingerprint density at radius 1 is 1.64 bits per heavy atom. The lowest BCUT2D eigenvalue weighted by atomic mass is 10.2. The van der Waals surface area contributed by atoms with Crippen LogP contribution in [0.3, 0.4) is 0 Å². The first-order valence-corrected chi connectivity index (χ1v) is 3.12. The van der Waals surface area contributed by atoms with Gasteiger partial charge in [-0.05, 0) is 12.3 Å². The molecule has 0 unspecified atom stereocenters. The van der Waals surface area contributed by atoms with E-state index in [1.807, 2.05) is 0 Å². The predicted molar refractivity (Wildman–Crippen MR) is 35.3 cm³/mol. The van der Waals surface area contributed by atoms with E-state index in [9.17, 15) is 13.6 Å². The monoisotopic (exact) mass is 162 g/mol. The number of alkyl halides is 2. The summed E-state index contributed by atoms with van der Waals surface area (Å²) in [4.78, 5) is 9.74. The average molecular weight is 162 g/mol. The Hall–Kier alpha value is -1.11. The molecule has 0 aliphatic heterocycles. The summed E-state index contributed by atoms with van der Waals surface area (Å²) in [7, 11) is 0. The molecule has 0 atom stereocenters. The van der Waals surface area contributed by atoms with Crippen LogP contribution in [0.25, 0.3) is 0 Å². The van der Waals surface area contributed by atoms with E-state index in [0.717, 1.165) is 0 Å². The number of hydrogen-bond acceptors (Lipinski definition) is 1. The summed E-state index contributed by atoms with van der Waals surface area (Å²) in [6.07, 6.45) is -0.116. The third-order valence-electron chi connectivity index (χ3n) is 0.916. The van der Waals surface area contributed by atoms with Gasteiger partial charge in [0.05, 0.1) is 0 Å². The molecule has 0 heterocycles. The maximum Gasteiger partial charge on any atom is 0.382 e.